The van der Waals surface area contributed by atoms with E-state index in [9.17, 15) is 19.5 Å². The van der Waals surface area contributed by atoms with Crippen molar-refractivity contribution in [2.75, 3.05) is 19.7 Å². The lowest BCUT2D eigenvalue weighted by Gasteiger charge is -2.28. The third-order valence-electron chi connectivity index (χ3n) is 7.25. The summed E-state index contributed by atoms with van der Waals surface area (Å²) in [4.78, 5) is 37.0. The number of amides is 2. The monoisotopic (exact) mass is 480 g/mol. The number of carboxylic acid groups (broad SMARTS) is 1. The predicted octanol–water partition coefficient (Wildman–Crippen LogP) is 4.95. The largest absolute Gasteiger partial charge is 0.481 e. The summed E-state index contributed by atoms with van der Waals surface area (Å²) in [5, 5.41) is 15.1. The molecule has 2 aromatic rings. The molecule has 0 aromatic heterocycles. The number of alkyl carbamates (subject to hydrolysis) is 1. The normalized spacial score (nSPS) is 13.5. The van der Waals surface area contributed by atoms with E-state index in [2.05, 4.69) is 34.9 Å². The van der Waals surface area contributed by atoms with Gasteiger partial charge in [-0.25, -0.2) is 4.79 Å². The van der Waals surface area contributed by atoms with Crippen molar-refractivity contribution in [1.29, 1.82) is 0 Å². The van der Waals surface area contributed by atoms with Crippen LogP contribution in [0.4, 0.5) is 4.79 Å². The molecular weight excluding hydrogens is 444 g/mol. The van der Waals surface area contributed by atoms with Crippen LogP contribution in [-0.4, -0.2) is 42.8 Å². The Kier molecular flexibility index (Phi) is 8.90. The van der Waals surface area contributed by atoms with E-state index >= 15 is 0 Å². The summed E-state index contributed by atoms with van der Waals surface area (Å²) in [6.45, 7) is 6.00. The van der Waals surface area contributed by atoms with Crippen LogP contribution in [0.1, 0.15) is 63.5 Å². The number of aliphatic carboxylic acids is 1. The molecular formula is C28H36N2O5. The molecule has 0 spiro atoms. The number of rotatable bonds is 12. The number of nitrogens with one attached hydrogen (secondary N) is 2. The average Bonchev–Trinajstić information content (AvgIpc) is 3.19. The Balaban J connectivity index is 1.56. The molecule has 1 atom stereocenters. The van der Waals surface area contributed by atoms with E-state index in [1.165, 1.54) is 0 Å². The fourth-order valence-corrected chi connectivity index (χ4v) is 4.81. The molecule has 0 saturated heterocycles. The van der Waals surface area contributed by atoms with Crippen molar-refractivity contribution in [1.82, 2.24) is 10.6 Å². The SMILES string of the molecule is CCCC(CNC(=O)OCC1c2ccccc2-c2ccccc21)C(=O)NCC(CC)(CC)C(=O)O. The van der Waals surface area contributed by atoms with Gasteiger partial charge in [0.25, 0.3) is 0 Å². The third kappa shape index (κ3) is 5.84. The van der Waals surface area contributed by atoms with Gasteiger partial charge in [-0.1, -0.05) is 75.7 Å². The molecule has 188 valence electrons. The van der Waals surface area contributed by atoms with Crippen LogP contribution in [0.5, 0.6) is 0 Å². The minimum Gasteiger partial charge on any atom is -0.481 e. The molecule has 1 aliphatic rings. The third-order valence-corrected chi connectivity index (χ3v) is 7.25. The average molecular weight is 481 g/mol. The van der Waals surface area contributed by atoms with Crippen LogP contribution in [0.3, 0.4) is 0 Å². The van der Waals surface area contributed by atoms with E-state index in [1.807, 2.05) is 45.0 Å². The number of carbonyl (C=O) groups excluding carboxylic acids is 2. The predicted molar refractivity (Wildman–Crippen MR) is 135 cm³/mol. The Bertz CT molecular complexity index is 1000. The fourth-order valence-electron chi connectivity index (χ4n) is 4.81. The van der Waals surface area contributed by atoms with Gasteiger partial charge in [0.15, 0.2) is 0 Å². The van der Waals surface area contributed by atoms with Gasteiger partial charge in [-0.15, -0.1) is 0 Å². The first kappa shape index (κ1) is 26.3. The van der Waals surface area contributed by atoms with Gasteiger partial charge in [-0.05, 0) is 41.5 Å². The van der Waals surface area contributed by atoms with Gasteiger partial charge in [0.05, 0.1) is 11.3 Å². The molecule has 0 fully saturated rings. The summed E-state index contributed by atoms with van der Waals surface area (Å²) >= 11 is 0. The quantitative estimate of drug-likeness (QED) is 0.399. The Hall–Kier alpha value is -3.35. The number of carboxylic acids is 1. The molecule has 0 saturated carbocycles. The molecule has 2 amide bonds. The van der Waals surface area contributed by atoms with Gasteiger partial charge in [0, 0.05) is 19.0 Å². The minimum atomic E-state index is -0.980. The zero-order chi connectivity index (χ0) is 25.4. The molecule has 3 N–H and O–H groups in total. The second-order valence-electron chi connectivity index (χ2n) is 9.20. The topological polar surface area (TPSA) is 105 Å². The summed E-state index contributed by atoms with van der Waals surface area (Å²) in [7, 11) is 0. The minimum absolute atomic E-state index is 0.0323. The number of ether oxygens (including phenoxy) is 1. The van der Waals surface area contributed by atoms with Crippen LogP contribution in [0.15, 0.2) is 48.5 Å². The fraction of sp³-hybridized carbons (Fsp3) is 0.464. The first-order chi connectivity index (χ1) is 16.9. The van der Waals surface area contributed by atoms with E-state index in [0.717, 1.165) is 28.7 Å². The second kappa shape index (κ2) is 11.9. The van der Waals surface area contributed by atoms with E-state index in [4.69, 9.17) is 4.74 Å². The first-order valence-corrected chi connectivity index (χ1v) is 12.5. The van der Waals surface area contributed by atoms with Crippen LogP contribution < -0.4 is 10.6 Å². The highest BCUT2D eigenvalue weighted by Gasteiger charge is 2.36. The van der Waals surface area contributed by atoms with Crippen LogP contribution in [0.25, 0.3) is 11.1 Å². The number of fused-ring (bicyclic) bond motifs is 3. The van der Waals surface area contributed by atoms with Crippen molar-refractivity contribution >= 4 is 18.0 Å². The smallest absolute Gasteiger partial charge is 0.407 e. The van der Waals surface area contributed by atoms with Gasteiger partial charge < -0.3 is 20.5 Å². The van der Waals surface area contributed by atoms with Crippen molar-refractivity contribution in [3.8, 4) is 11.1 Å². The zero-order valence-electron chi connectivity index (χ0n) is 20.8. The molecule has 7 heteroatoms. The highest BCUT2D eigenvalue weighted by atomic mass is 16.5. The molecule has 0 radical (unpaired) electrons. The Labute approximate surface area is 207 Å². The standard InChI is InChI=1S/C28H36N2O5/c1-4-11-19(25(31)30-18-28(5-2,6-3)26(32)33)16-29-27(34)35-17-24-22-14-9-7-12-20(22)21-13-8-10-15-23(21)24/h7-10,12-15,19,24H,4-6,11,16-18H2,1-3H3,(H,29,34)(H,30,31)(H,32,33). The highest BCUT2D eigenvalue weighted by Crippen LogP contribution is 2.44. The molecule has 0 heterocycles. The van der Waals surface area contributed by atoms with Crippen LogP contribution in [-0.2, 0) is 14.3 Å². The lowest BCUT2D eigenvalue weighted by Crippen LogP contribution is -2.46. The number of hydrogen-bond donors (Lipinski definition) is 3. The number of hydrogen-bond acceptors (Lipinski definition) is 4. The molecule has 7 nitrogen and oxygen atoms in total. The Morgan fingerprint density at radius 1 is 0.943 bits per heavy atom. The van der Waals surface area contributed by atoms with Crippen LogP contribution in [0.2, 0.25) is 0 Å². The van der Waals surface area contributed by atoms with Gasteiger partial charge in [0.1, 0.15) is 6.61 Å². The summed E-state index contributed by atoms with van der Waals surface area (Å²) in [6, 6.07) is 16.3. The molecule has 0 aliphatic heterocycles. The summed E-state index contributed by atoms with van der Waals surface area (Å²) in [6.07, 6.45) is 1.62. The lowest BCUT2D eigenvalue weighted by atomic mass is 9.82. The van der Waals surface area contributed by atoms with Gasteiger partial charge in [-0.3, -0.25) is 9.59 Å². The first-order valence-electron chi connectivity index (χ1n) is 12.5. The van der Waals surface area contributed by atoms with Crippen molar-refractivity contribution in [2.24, 2.45) is 11.3 Å². The van der Waals surface area contributed by atoms with Gasteiger partial charge in [-0.2, -0.15) is 0 Å². The lowest BCUT2D eigenvalue weighted by molar-refractivity contribution is -0.149. The maximum atomic E-state index is 12.8. The maximum absolute atomic E-state index is 12.8. The van der Waals surface area contributed by atoms with E-state index in [-0.39, 0.29) is 31.5 Å². The van der Waals surface area contributed by atoms with Gasteiger partial charge >= 0.3 is 12.1 Å². The molecule has 0 bridgehead atoms. The molecule has 2 aromatic carbocycles. The maximum Gasteiger partial charge on any atom is 0.407 e. The zero-order valence-corrected chi connectivity index (χ0v) is 20.8. The van der Waals surface area contributed by atoms with Crippen molar-refractivity contribution < 1.29 is 24.2 Å². The van der Waals surface area contributed by atoms with E-state index < -0.39 is 23.4 Å². The van der Waals surface area contributed by atoms with Crippen LogP contribution >= 0.6 is 0 Å². The summed E-state index contributed by atoms with van der Waals surface area (Å²) in [5.41, 5.74) is 3.62. The number of carbonyl (C=O) groups is 3. The van der Waals surface area contributed by atoms with Crippen molar-refractivity contribution in [3.63, 3.8) is 0 Å². The second-order valence-corrected chi connectivity index (χ2v) is 9.20. The molecule has 1 aliphatic carbocycles. The van der Waals surface area contributed by atoms with E-state index in [1.54, 1.807) is 0 Å². The van der Waals surface area contributed by atoms with E-state index in [0.29, 0.717) is 19.3 Å². The highest BCUT2D eigenvalue weighted by molar-refractivity contribution is 5.82. The molecule has 35 heavy (non-hydrogen) atoms. The summed E-state index contributed by atoms with van der Waals surface area (Å²) < 4.78 is 5.57. The Morgan fingerprint density at radius 3 is 2.03 bits per heavy atom. The Morgan fingerprint density at radius 2 is 1.51 bits per heavy atom. The molecule has 3 rings (SSSR count). The number of benzene rings is 2. The van der Waals surface area contributed by atoms with Crippen LogP contribution in [0, 0.1) is 11.3 Å². The summed E-state index contributed by atoms with van der Waals surface area (Å²) in [5.74, 6) is -1.65. The van der Waals surface area contributed by atoms with Crippen molar-refractivity contribution in [2.45, 2.75) is 52.4 Å². The molecule has 1 unspecified atom stereocenters. The van der Waals surface area contributed by atoms with Gasteiger partial charge in [0.2, 0.25) is 5.91 Å². The van der Waals surface area contributed by atoms with Crippen molar-refractivity contribution in [3.05, 3.63) is 59.7 Å².